The maximum Gasteiger partial charge on any atom is 0.359 e. The summed E-state index contributed by atoms with van der Waals surface area (Å²) in [5, 5.41) is 0. The molecule has 0 saturated heterocycles. The number of halogens is 1. The second kappa shape index (κ2) is 12.3. The molecule has 0 spiro atoms. The Balaban J connectivity index is 0. The average molecular weight is 247 g/mol. The Labute approximate surface area is 107 Å². The predicted octanol–water partition coefficient (Wildman–Crippen LogP) is 4.12. The summed E-state index contributed by atoms with van der Waals surface area (Å²) in [5.41, 5.74) is 0. The molecular weight excluding hydrogens is 220 g/mol. The molecule has 0 aromatic rings. The van der Waals surface area contributed by atoms with Gasteiger partial charge in [0.05, 0.1) is 0 Å². The van der Waals surface area contributed by atoms with Gasteiger partial charge in [-0.25, -0.2) is 0 Å². The summed E-state index contributed by atoms with van der Waals surface area (Å²) in [5.74, 6) is 1.07. The van der Waals surface area contributed by atoms with Crippen LogP contribution in [0, 0.1) is 5.92 Å². The van der Waals surface area contributed by atoms with Crippen molar-refractivity contribution < 1.29 is 0 Å². The fourth-order valence-corrected chi connectivity index (χ4v) is 6.65. The van der Waals surface area contributed by atoms with Crippen LogP contribution in [0.5, 0.6) is 0 Å². The maximum absolute atomic E-state index is 2.53. The lowest BCUT2D eigenvalue weighted by Crippen LogP contribution is -2.13. The molecule has 0 aromatic heterocycles. The first-order valence-corrected chi connectivity index (χ1v) is 12.8. The van der Waals surface area contributed by atoms with Crippen molar-refractivity contribution in [3.8, 4) is 0 Å². The standard InChI is InChI=1S/C9H19.C2H7Si.ClH.Mg/c1-4-7-8-9(5-2)6-3;1-3-2;;/h9H,2,4-8H2,1,3H3;3H,1-2H3;1H;. The lowest BCUT2D eigenvalue weighted by atomic mass is 9.97. The van der Waals surface area contributed by atoms with E-state index >= 15 is 0 Å². The van der Waals surface area contributed by atoms with E-state index in [4.69, 9.17) is 0 Å². The molecule has 0 saturated carbocycles. The molecule has 0 bridgehead atoms. The highest BCUT2D eigenvalue weighted by Crippen LogP contribution is 2.18. The minimum absolute atomic E-state index is 0. The van der Waals surface area contributed by atoms with Crippen LogP contribution in [-0.4, -0.2) is 26.0 Å². The van der Waals surface area contributed by atoms with Crippen molar-refractivity contribution in [1.29, 1.82) is 0 Å². The van der Waals surface area contributed by atoms with Crippen molar-refractivity contribution in [2.24, 2.45) is 5.92 Å². The highest BCUT2D eigenvalue weighted by molar-refractivity contribution is 7.11. The van der Waals surface area contributed by atoms with Crippen molar-refractivity contribution in [3.63, 3.8) is 0 Å². The van der Waals surface area contributed by atoms with Crippen LogP contribution in [0.1, 0.15) is 46.0 Å². The second-order valence-electron chi connectivity index (χ2n) is 4.74. The maximum atomic E-state index is 2.53. The minimum atomic E-state index is -0.129. The quantitative estimate of drug-likeness (QED) is 0.566. The van der Waals surface area contributed by atoms with Crippen molar-refractivity contribution in [2.45, 2.75) is 63.6 Å². The topological polar surface area (TPSA) is 0 Å². The Kier molecular flexibility index (Phi) is 15.6. The molecule has 0 amide bonds. The van der Waals surface area contributed by atoms with E-state index in [1.54, 1.807) is 11.0 Å². The first-order chi connectivity index (χ1) is 6.20. The molecule has 0 radical (unpaired) electrons. The third-order valence-corrected chi connectivity index (χ3v) is 9.60. The predicted molar refractivity (Wildman–Crippen MR) is 74.6 cm³/mol. The number of hydrogen-bond acceptors (Lipinski definition) is 0. The van der Waals surface area contributed by atoms with E-state index in [0.29, 0.717) is 19.6 Å². The summed E-state index contributed by atoms with van der Waals surface area (Å²) in [6.07, 6.45) is 7.20. The lowest BCUT2D eigenvalue weighted by Gasteiger charge is -2.14. The van der Waals surface area contributed by atoms with Gasteiger partial charge in [-0.05, 0) is 5.92 Å². The smallest absolute Gasteiger partial charge is 0.149 e. The Hall–Kier alpha value is 1.27. The van der Waals surface area contributed by atoms with Gasteiger partial charge in [0, 0.05) is 0 Å². The highest BCUT2D eigenvalue weighted by atomic mass is 35.5. The molecule has 0 aliphatic rings. The van der Waals surface area contributed by atoms with Gasteiger partial charge in [0.2, 0.25) is 0 Å². The molecule has 0 aromatic carbocycles. The van der Waals surface area contributed by atoms with Gasteiger partial charge in [-0.2, -0.15) is 0 Å². The first kappa shape index (κ1) is 17.7. The van der Waals surface area contributed by atoms with E-state index in [0.717, 1.165) is 5.92 Å². The third-order valence-electron chi connectivity index (χ3n) is 2.94. The van der Waals surface area contributed by atoms with E-state index in [2.05, 4.69) is 26.9 Å². The molecule has 0 heterocycles. The van der Waals surface area contributed by atoms with Gasteiger partial charge in [0.25, 0.3) is 0 Å². The highest BCUT2D eigenvalue weighted by Gasteiger charge is 2.07. The molecule has 1 unspecified atom stereocenters. The van der Waals surface area contributed by atoms with E-state index in [9.17, 15) is 0 Å². The van der Waals surface area contributed by atoms with Crippen LogP contribution < -0.4 is 0 Å². The fraction of sp³-hybridized carbons (Fsp3) is 1.00. The molecule has 14 heavy (non-hydrogen) atoms. The molecule has 0 aliphatic heterocycles. The average Bonchev–Trinajstić information content (AvgIpc) is 2.10. The number of rotatable bonds is 8. The number of unbranched alkanes of at least 4 members (excludes halogenated alkanes) is 1. The molecule has 0 N–H and O–H groups in total. The van der Waals surface area contributed by atoms with Gasteiger partial charge in [0.1, 0.15) is 0 Å². The fourth-order valence-electron chi connectivity index (χ4n) is 1.86. The van der Waals surface area contributed by atoms with Crippen LogP contribution in [0.4, 0.5) is 0 Å². The Morgan fingerprint density at radius 1 is 1.14 bits per heavy atom. The van der Waals surface area contributed by atoms with Crippen LogP contribution in [0.2, 0.25) is 17.6 Å². The summed E-state index contributed by atoms with van der Waals surface area (Å²) in [4.78, 5) is 0. The SMILES string of the molecule is CCCCC(CC)C[CH2][Mg][SiH](C)C.Cl. The van der Waals surface area contributed by atoms with Gasteiger partial charge in [-0.1, -0.05) is 65.5 Å². The monoisotopic (exact) mass is 246 g/mol. The molecule has 0 nitrogen and oxygen atoms in total. The van der Waals surface area contributed by atoms with Gasteiger partial charge in [0.15, 0.2) is 0 Å². The van der Waals surface area contributed by atoms with Crippen LogP contribution in [-0.2, 0) is 0 Å². The summed E-state index contributed by atoms with van der Waals surface area (Å²) in [7, 11) is 0. The molecule has 0 rings (SSSR count). The second-order valence-corrected chi connectivity index (χ2v) is 15.4. The molecule has 1 atom stereocenters. The normalized spacial score (nSPS) is 12.1. The Bertz CT molecular complexity index is 109. The Morgan fingerprint density at radius 3 is 2.21 bits per heavy atom. The van der Waals surface area contributed by atoms with E-state index < -0.39 is 0 Å². The van der Waals surface area contributed by atoms with Gasteiger partial charge >= 0.3 is 19.6 Å². The minimum Gasteiger partial charge on any atom is -0.149 e. The van der Waals surface area contributed by atoms with Crippen LogP contribution in [0.25, 0.3) is 0 Å². The lowest BCUT2D eigenvalue weighted by molar-refractivity contribution is 0.438. The van der Waals surface area contributed by atoms with Crippen LogP contribution >= 0.6 is 12.4 Å². The first-order valence-electron chi connectivity index (χ1n) is 6.20. The van der Waals surface area contributed by atoms with E-state index in [1.165, 1.54) is 25.7 Å². The van der Waals surface area contributed by atoms with Crippen molar-refractivity contribution in [2.75, 3.05) is 0 Å². The van der Waals surface area contributed by atoms with Gasteiger partial charge in [-0.15, -0.1) is 17.0 Å². The van der Waals surface area contributed by atoms with Crippen molar-refractivity contribution in [1.82, 2.24) is 0 Å². The summed E-state index contributed by atoms with van der Waals surface area (Å²) in [6, 6.07) is 0. The van der Waals surface area contributed by atoms with Crippen molar-refractivity contribution in [3.05, 3.63) is 0 Å². The largest absolute Gasteiger partial charge is 0.359 e. The van der Waals surface area contributed by atoms with Crippen molar-refractivity contribution >= 4 is 38.4 Å². The van der Waals surface area contributed by atoms with Crippen LogP contribution in [0.15, 0.2) is 0 Å². The summed E-state index contributed by atoms with van der Waals surface area (Å²) in [6.45, 7) is 9.73. The molecular formula is C11H27ClMgSi. The number of hydrogen-bond donors (Lipinski definition) is 0. The van der Waals surface area contributed by atoms with E-state index in [1.807, 2.05) is 0 Å². The molecule has 0 aliphatic carbocycles. The zero-order valence-corrected chi connectivity index (χ0v) is 13.9. The molecule has 0 fully saturated rings. The van der Waals surface area contributed by atoms with E-state index in [-0.39, 0.29) is 18.9 Å². The zero-order valence-electron chi connectivity index (χ0n) is 10.5. The zero-order chi connectivity index (χ0) is 10.1. The summed E-state index contributed by atoms with van der Waals surface area (Å²) >= 11 is 0.410. The van der Waals surface area contributed by atoms with Crippen LogP contribution in [0.3, 0.4) is 0 Å². The molecule has 84 valence electrons. The van der Waals surface area contributed by atoms with Gasteiger partial charge < -0.3 is 0 Å². The van der Waals surface area contributed by atoms with Gasteiger partial charge in [-0.3, -0.25) is 0 Å². The third kappa shape index (κ3) is 11.3. The summed E-state index contributed by atoms with van der Waals surface area (Å²) < 4.78 is 1.64. The Morgan fingerprint density at radius 2 is 1.79 bits per heavy atom. The molecule has 3 heteroatoms.